The summed E-state index contributed by atoms with van der Waals surface area (Å²) >= 11 is 1.33. The molecule has 0 unspecified atom stereocenters. The Hall–Kier alpha value is -1.30. The molecule has 1 saturated carbocycles. The Morgan fingerprint density at radius 2 is 2.14 bits per heavy atom. The molecule has 0 radical (unpaired) electrons. The van der Waals surface area contributed by atoms with Gasteiger partial charge in [0.25, 0.3) is 0 Å². The molecule has 0 spiro atoms. The van der Waals surface area contributed by atoms with Gasteiger partial charge in [-0.05, 0) is 25.2 Å². The molecule has 0 aliphatic heterocycles. The van der Waals surface area contributed by atoms with Gasteiger partial charge in [0.05, 0.1) is 6.61 Å². The zero-order valence-electron chi connectivity index (χ0n) is 13.4. The number of anilines is 2. The molecule has 1 aliphatic carbocycles. The number of thiazole rings is 1. The SMILES string of the molecule is CCCCCOC(=O)c1nc(NCC2CCCCC2)sc1N. The molecule has 0 aromatic carbocycles. The van der Waals surface area contributed by atoms with Crippen molar-refractivity contribution in [3.05, 3.63) is 5.69 Å². The lowest BCUT2D eigenvalue weighted by Crippen LogP contribution is -2.17. The summed E-state index contributed by atoms with van der Waals surface area (Å²) in [5.74, 6) is 0.305. The minimum Gasteiger partial charge on any atom is -0.461 e. The van der Waals surface area contributed by atoms with Gasteiger partial charge in [-0.25, -0.2) is 9.78 Å². The molecule has 0 amide bonds. The molecular weight excluding hydrogens is 298 g/mol. The maximum atomic E-state index is 12.0. The average molecular weight is 325 g/mol. The van der Waals surface area contributed by atoms with E-state index < -0.39 is 5.97 Å². The molecule has 124 valence electrons. The number of carbonyl (C=O) groups is 1. The van der Waals surface area contributed by atoms with Gasteiger partial charge in [-0.3, -0.25) is 0 Å². The molecule has 1 aromatic heterocycles. The Balaban J connectivity index is 1.80. The maximum Gasteiger partial charge on any atom is 0.360 e. The van der Waals surface area contributed by atoms with Gasteiger partial charge in [0.2, 0.25) is 0 Å². The van der Waals surface area contributed by atoms with Crippen LogP contribution in [0.5, 0.6) is 0 Å². The van der Waals surface area contributed by atoms with E-state index in [4.69, 9.17) is 10.5 Å². The summed E-state index contributed by atoms with van der Waals surface area (Å²) in [4.78, 5) is 16.3. The van der Waals surface area contributed by atoms with Gasteiger partial charge >= 0.3 is 5.97 Å². The Morgan fingerprint density at radius 1 is 1.36 bits per heavy atom. The number of nitrogens with one attached hydrogen (secondary N) is 1. The second-order valence-corrected chi connectivity index (χ2v) is 6.99. The number of nitrogen functional groups attached to an aromatic ring is 1. The predicted molar refractivity (Wildman–Crippen MR) is 91.4 cm³/mol. The third kappa shape index (κ3) is 5.16. The van der Waals surface area contributed by atoms with E-state index in [1.54, 1.807) is 0 Å². The summed E-state index contributed by atoms with van der Waals surface area (Å²) in [7, 11) is 0. The Kier molecular flexibility index (Phi) is 6.96. The molecule has 1 heterocycles. The number of aromatic nitrogens is 1. The zero-order valence-corrected chi connectivity index (χ0v) is 14.2. The largest absolute Gasteiger partial charge is 0.461 e. The molecule has 6 heteroatoms. The highest BCUT2D eigenvalue weighted by Gasteiger charge is 2.19. The summed E-state index contributed by atoms with van der Waals surface area (Å²) < 4.78 is 5.22. The van der Waals surface area contributed by atoms with Crippen LogP contribution < -0.4 is 11.1 Å². The highest BCUT2D eigenvalue weighted by Crippen LogP contribution is 2.28. The Morgan fingerprint density at radius 3 is 2.86 bits per heavy atom. The van der Waals surface area contributed by atoms with E-state index in [0.717, 1.165) is 30.9 Å². The molecule has 2 rings (SSSR count). The lowest BCUT2D eigenvalue weighted by molar-refractivity contribution is 0.0493. The van der Waals surface area contributed by atoms with Crippen molar-refractivity contribution in [1.29, 1.82) is 0 Å². The number of nitrogens with two attached hydrogens (primary N) is 1. The predicted octanol–water partition coefficient (Wildman–Crippen LogP) is 4.06. The third-order valence-corrected chi connectivity index (χ3v) is 4.94. The van der Waals surface area contributed by atoms with Gasteiger partial charge in [0, 0.05) is 6.54 Å². The molecular formula is C16H27N3O2S. The van der Waals surface area contributed by atoms with Crippen LogP contribution in [0.25, 0.3) is 0 Å². The van der Waals surface area contributed by atoms with Gasteiger partial charge < -0.3 is 15.8 Å². The summed E-state index contributed by atoms with van der Waals surface area (Å²) in [6.07, 6.45) is 9.61. The van der Waals surface area contributed by atoms with Crippen LogP contribution in [0.4, 0.5) is 10.1 Å². The van der Waals surface area contributed by atoms with Gasteiger partial charge in [-0.2, -0.15) is 0 Å². The number of esters is 1. The molecule has 0 saturated heterocycles. The minimum absolute atomic E-state index is 0.257. The molecule has 1 aromatic rings. The number of nitrogens with zero attached hydrogens (tertiary/aromatic N) is 1. The van der Waals surface area contributed by atoms with Crippen molar-refractivity contribution in [3.8, 4) is 0 Å². The van der Waals surface area contributed by atoms with E-state index in [1.165, 1.54) is 43.4 Å². The standard InChI is InChI=1S/C16H27N3O2S/c1-2-3-7-10-21-15(20)13-14(17)22-16(19-13)18-11-12-8-5-4-6-9-12/h12H,2-11,17H2,1H3,(H,18,19). The Labute approximate surface area is 136 Å². The van der Waals surface area contributed by atoms with Crippen LogP contribution in [-0.4, -0.2) is 24.1 Å². The number of hydrogen-bond acceptors (Lipinski definition) is 6. The van der Waals surface area contributed by atoms with Crippen molar-refractivity contribution < 1.29 is 9.53 Å². The Bertz CT molecular complexity index is 470. The molecule has 3 N–H and O–H groups in total. The van der Waals surface area contributed by atoms with Crippen LogP contribution in [-0.2, 0) is 4.74 Å². The second-order valence-electron chi connectivity index (χ2n) is 5.96. The van der Waals surface area contributed by atoms with Crippen molar-refractivity contribution in [1.82, 2.24) is 4.98 Å². The first kappa shape index (κ1) is 17.1. The topological polar surface area (TPSA) is 77.2 Å². The van der Waals surface area contributed by atoms with Crippen LogP contribution in [0.1, 0.15) is 68.8 Å². The van der Waals surface area contributed by atoms with Crippen LogP contribution >= 0.6 is 11.3 Å². The van der Waals surface area contributed by atoms with Crippen LogP contribution in [0.2, 0.25) is 0 Å². The van der Waals surface area contributed by atoms with Gasteiger partial charge in [0.1, 0.15) is 5.00 Å². The fourth-order valence-electron chi connectivity index (χ4n) is 2.76. The molecule has 22 heavy (non-hydrogen) atoms. The number of ether oxygens (including phenoxy) is 1. The van der Waals surface area contributed by atoms with Crippen molar-refractivity contribution in [3.63, 3.8) is 0 Å². The van der Waals surface area contributed by atoms with Gasteiger partial charge in [0.15, 0.2) is 10.8 Å². The fourth-order valence-corrected chi connectivity index (χ4v) is 3.49. The van der Waals surface area contributed by atoms with E-state index in [-0.39, 0.29) is 5.69 Å². The molecule has 0 atom stereocenters. The summed E-state index contributed by atoms with van der Waals surface area (Å²) in [5, 5.41) is 4.49. The van der Waals surface area contributed by atoms with Crippen molar-refractivity contribution >= 4 is 27.4 Å². The second kappa shape index (κ2) is 8.98. The molecule has 1 fully saturated rings. The minimum atomic E-state index is -0.407. The van der Waals surface area contributed by atoms with Gasteiger partial charge in [-0.1, -0.05) is 50.4 Å². The van der Waals surface area contributed by atoms with E-state index in [9.17, 15) is 4.79 Å². The first-order chi connectivity index (χ1) is 10.7. The highest BCUT2D eigenvalue weighted by atomic mass is 32.1. The van der Waals surface area contributed by atoms with E-state index >= 15 is 0 Å². The zero-order chi connectivity index (χ0) is 15.8. The van der Waals surface area contributed by atoms with E-state index in [0.29, 0.717) is 17.5 Å². The highest BCUT2D eigenvalue weighted by molar-refractivity contribution is 7.19. The van der Waals surface area contributed by atoms with Crippen LogP contribution in [0, 0.1) is 5.92 Å². The normalized spacial score (nSPS) is 15.7. The number of rotatable bonds is 8. The van der Waals surface area contributed by atoms with E-state index in [1.807, 2.05) is 0 Å². The van der Waals surface area contributed by atoms with Crippen LogP contribution in [0.3, 0.4) is 0 Å². The smallest absolute Gasteiger partial charge is 0.360 e. The van der Waals surface area contributed by atoms with Crippen molar-refractivity contribution in [2.45, 2.75) is 58.3 Å². The summed E-state index contributed by atoms with van der Waals surface area (Å²) in [6.45, 7) is 3.47. The number of carbonyl (C=O) groups excluding carboxylic acids is 1. The molecule has 5 nitrogen and oxygen atoms in total. The first-order valence-corrected chi connectivity index (χ1v) is 9.19. The quantitative estimate of drug-likeness (QED) is 0.556. The molecule has 0 bridgehead atoms. The average Bonchev–Trinajstić information content (AvgIpc) is 2.91. The first-order valence-electron chi connectivity index (χ1n) is 8.38. The summed E-state index contributed by atoms with van der Waals surface area (Å²) in [6, 6.07) is 0. The number of hydrogen-bond donors (Lipinski definition) is 2. The number of unbranched alkanes of at least 4 members (excludes halogenated alkanes) is 2. The van der Waals surface area contributed by atoms with Gasteiger partial charge in [-0.15, -0.1) is 0 Å². The fraction of sp³-hybridized carbons (Fsp3) is 0.750. The lowest BCUT2D eigenvalue weighted by Gasteiger charge is -2.21. The van der Waals surface area contributed by atoms with Crippen molar-refractivity contribution in [2.75, 3.05) is 24.2 Å². The van der Waals surface area contributed by atoms with Crippen molar-refractivity contribution in [2.24, 2.45) is 5.92 Å². The third-order valence-electron chi connectivity index (χ3n) is 4.09. The summed E-state index contributed by atoms with van der Waals surface area (Å²) in [5.41, 5.74) is 6.15. The van der Waals surface area contributed by atoms with E-state index in [2.05, 4.69) is 17.2 Å². The van der Waals surface area contributed by atoms with Crippen LogP contribution in [0.15, 0.2) is 0 Å². The molecule has 1 aliphatic rings. The maximum absolute atomic E-state index is 12.0. The lowest BCUT2D eigenvalue weighted by atomic mass is 9.89. The monoisotopic (exact) mass is 325 g/mol.